The summed E-state index contributed by atoms with van der Waals surface area (Å²) in [6.45, 7) is 6.18. The van der Waals surface area contributed by atoms with Crippen molar-refractivity contribution in [3.05, 3.63) is 29.8 Å². The minimum absolute atomic E-state index is 0.144. The van der Waals surface area contributed by atoms with E-state index in [2.05, 4.69) is 55.4 Å². The summed E-state index contributed by atoms with van der Waals surface area (Å²) >= 11 is 0. The number of nitrogens with zero attached hydrogens (tertiary/aromatic N) is 1. The monoisotopic (exact) mass is 262 g/mol. The van der Waals surface area contributed by atoms with Crippen molar-refractivity contribution < 1.29 is 5.11 Å². The van der Waals surface area contributed by atoms with Gasteiger partial charge in [-0.1, -0.05) is 24.6 Å². The Morgan fingerprint density at radius 3 is 2.42 bits per heavy atom. The largest absolute Gasteiger partial charge is 0.394 e. The Hall–Kier alpha value is -1.06. The average Bonchev–Trinajstić information content (AvgIpc) is 3.23. The summed E-state index contributed by atoms with van der Waals surface area (Å²) in [6, 6.07) is 8.57. The van der Waals surface area contributed by atoms with Gasteiger partial charge in [-0.3, -0.25) is 0 Å². The van der Waals surface area contributed by atoms with Crippen LogP contribution in [0.5, 0.6) is 0 Å². The second-order valence-corrected chi connectivity index (χ2v) is 5.81. The number of aliphatic hydroxyl groups excluding tert-OH is 1. The number of nitrogens with one attached hydrogen (secondary N) is 1. The molecule has 0 amide bonds. The highest BCUT2D eigenvalue weighted by atomic mass is 16.3. The Balaban J connectivity index is 2.09. The number of rotatable bonds is 7. The van der Waals surface area contributed by atoms with Crippen LogP contribution >= 0.6 is 0 Å². The molecule has 1 fully saturated rings. The molecule has 19 heavy (non-hydrogen) atoms. The van der Waals surface area contributed by atoms with Crippen LogP contribution in [0.25, 0.3) is 0 Å². The molecule has 1 aromatic carbocycles. The first kappa shape index (κ1) is 14.4. The Bertz CT molecular complexity index is 400. The van der Waals surface area contributed by atoms with Crippen molar-refractivity contribution >= 4 is 5.69 Å². The van der Waals surface area contributed by atoms with E-state index in [4.69, 9.17) is 0 Å². The second-order valence-electron chi connectivity index (χ2n) is 5.81. The summed E-state index contributed by atoms with van der Waals surface area (Å²) in [7, 11) is 2.11. The molecule has 0 aliphatic heterocycles. The normalized spacial score (nSPS) is 18.1. The van der Waals surface area contributed by atoms with E-state index >= 15 is 0 Å². The summed E-state index contributed by atoms with van der Waals surface area (Å²) in [5.74, 6) is 0.616. The fourth-order valence-electron chi connectivity index (χ4n) is 2.87. The van der Waals surface area contributed by atoms with Gasteiger partial charge in [-0.2, -0.15) is 0 Å². The highest BCUT2D eigenvalue weighted by Crippen LogP contribution is 2.40. The molecule has 0 spiro atoms. The van der Waals surface area contributed by atoms with Gasteiger partial charge in [0.05, 0.1) is 12.1 Å². The number of benzene rings is 1. The molecule has 1 aliphatic carbocycles. The number of hydrogen-bond acceptors (Lipinski definition) is 3. The summed E-state index contributed by atoms with van der Waals surface area (Å²) in [5, 5.41) is 13.4. The van der Waals surface area contributed by atoms with Crippen molar-refractivity contribution in [2.45, 2.75) is 32.2 Å². The van der Waals surface area contributed by atoms with Crippen LogP contribution in [0, 0.1) is 12.8 Å². The molecular weight excluding hydrogens is 236 g/mol. The van der Waals surface area contributed by atoms with Gasteiger partial charge in [0, 0.05) is 19.3 Å². The number of hydrogen-bond donors (Lipinski definition) is 2. The lowest BCUT2D eigenvalue weighted by atomic mass is 9.93. The third-order valence-corrected chi connectivity index (χ3v) is 4.16. The standard InChI is InChI=1S/C16H26N2O/c1-4-17-16(12-19,14-7-8-14)11-18(3)15-9-5-13(2)6-10-15/h5-6,9-10,14,17,19H,4,7-8,11-12H2,1-3H3. The Labute approximate surface area is 116 Å². The van der Waals surface area contributed by atoms with Crippen LogP contribution in [0.15, 0.2) is 24.3 Å². The molecule has 3 nitrogen and oxygen atoms in total. The lowest BCUT2D eigenvalue weighted by Crippen LogP contribution is -2.57. The number of aryl methyl sites for hydroxylation is 1. The van der Waals surface area contributed by atoms with Crippen molar-refractivity contribution in [2.24, 2.45) is 5.92 Å². The molecule has 1 atom stereocenters. The highest BCUT2D eigenvalue weighted by Gasteiger charge is 2.44. The molecule has 2 N–H and O–H groups in total. The predicted molar refractivity (Wildman–Crippen MR) is 80.7 cm³/mol. The SMILES string of the molecule is CCNC(CO)(CN(C)c1ccc(C)cc1)C1CC1. The Morgan fingerprint density at radius 1 is 1.32 bits per heavy atom. The topological polar surface area (TPSA) is 35.5 Å². The number of anilines is 1. The van der Waals surface area contributed by atoms with Crippen molar-refractivity contribution in [3.8, 4) is 0 Å². The number of likely N-dealkylation sites (N-methyl/N-ethyl adjacent to an activating group) is 2. The molecule has 2 rings (SSSR count). The first-order chi connectivity index (χ1) is 9.11. The van der Waals surface area contributed by atoms with E-state index in [0.29, 0.717) is 5.92 Å². The molecule has 1 aliphatic rings. The molecular formula is C16H26N2O. The molecule has 106 valence electrons. The summed E-state index contributed by atoms with van der Waals surface area (Å²) < 4.78 is 0. The van der Waals surface area contributed by atoms with Crippen LogP contribution in [-0.4, -0.2) is 37.4 Å². The Kier molecular flexibility index (Phi) is 4.48. The van der Waals surface area contributed by atoms with Crippen LogP contribution < -0.4 is 10.2 Å². The highest BCUT2D eigenvalue weighted by molar-refractivity contribution is 5.47. The molecule has 1 unspecified atom stereocenters. The first-order valence-corrected chi connectivity index (χ1v) is 7.25. The van der Waals surface area contributed by atoms with Gasteiger partial charge in [0.25, 0.3) is 0 Å². The quantitative estimate of drug-likeness (QED) is 0.790. The third kappa shape index (κ3) is 3.28. The van der Waals surface area contributed by atoms with Gasteiger partial charge in [-0.15, -0.1) is 0 Å². The third-order valence-electron chi connectivity index (χ3n) is 4.16. The van der Waals surface area contributed by atoms with Crippen LogP contribution in [0.3, 0.4) is 0 Å². The van der Waals surface area contributed by atoms with E-state index in [1.807, 2.05) is 0 Å². The van der Waals surface area contributed by atoms with Gasteiger partial charge >= 0.3 is 0 Å². The van der Waals surface area contributed by atoms with E-state index in [-0.39, 0.29) is 12.1 Å². The smallest absolute Gasteiger partial charge is 0.0633 e. The van der Waals surface area contributed by atoms with Gasteiger partial charge in [0.15, 0.2) is 0 Å². The molecule has 1 aromatic rings. The second kappa shape index (κ2) is 5.93. The summed E-state index contributed by atoms with van der Waals surface area (Å²) in [6.07, 6.45) is 2.46. The van der Waals surface area contributed by atoms with Crippen LogP contribution in [0.4, 0.5) is 5.69 Å². The van der Waals surface area contributed by atoms with Crippen LogP contribution in [0.2, 0.25) is 0 Å². The number of aliphatic hydroxyl groups is 1. The van der Waals surface area contributed by atoms with E-state index < -0.39 is 0 Å². The van der Waals surface area contributed by atoms with Crippen molar-refractivity contribution in [3.63, 3.8) is 0 Å². The zero-order chi connectivity index (χ0) is 13.9. The molecule has 0 aromatic heterocycles. The van der Waals surface area contributed by atoms with Gasteiger partial charge in [0.2, 0.25) is 0 Å². The maximum Gasteiger partial charge on any atom is 0.0633 e. The maximum atomic E-state index is 9.87. The van der Waals surface area contributed by atoms with Gasteiger partial charge in [0.1, 0.15) is 0 Å². The van der Waals surface area contributed by atoms with Gasteiger partial charge in [-0.05, 0) is 44.4 Å². The summed E-state index contributed by atoms with van der Waals surface area (Å²) in [4.78, 5) is 2.25. The lowest BCUT2D eigenvalue weighted by Gasteiger charge is -2.37. The zero-order valence-corrected chi connectivity index (χ0v) is 12.3. The van der Waals surface area contributed by atoms with E-state index in [0.717, 1.165) is 13.1 Å². The van der Waals surface area contributed by atoms with E-state index in [9.17, 15) is 5.11 Å². The van der Waals surface area contributed by atoms with Crippen molar-refractivity contribution in [1.29, 1.82) is 0 Å². The first-order valence-electron chi connectivity index (χ1n) is 7.25. The minimum Gasteiger partial charge on any atom is -0.394 e. The van der Waals surface area contributed by atoms with Crippen molar-refractivity contribution in [1.82, 2.24) is 5.32 Å². The molecule has 0 radical (unpaired) electrons. The summed E-state index contributed by atoms with van der Waals surface area (Å²) in [5.41, 5.74) is 2.34. The lowest BCUT2D eigenvalue weighted by molar-refractivity contribution is 0.146. The fraction of sp³-hybridized carbons (Fsp3) is 0.625. The van der Waals surface area contributed by atoms with E-state index in [1.54, 1.807) is 0 Å². The zero-order valence-electron chi connectivity index (χ0n) is 12.3. The predicted octanol–water partition coefficient (Wildman–Crippen LogP) is 2.18. The maximum absolute atomic E-state index is 9.87. The van der Waals surface area contributed by atoms with Crippen molar-refractivity contribution in [2.75, 3.05) is 31.6 Å². The van der Waals surface area contributed by atoms with Gasteiger partial charge < -0.3 is 15.3 Å². The fourth-order valence-corrected chi connectivity index (χ4v) is 2.87. The molecule has 0 bridgehead atoms. The van der Waals surface area contributed by atoms with E-state index in [1.165, 1.54) is 24.1 Å². The van der Waals surface area contributed by atoms with Crippen LogP contribution in [-0.2, 0) is 0 Å². The average molecular weight is 262 g/mol. The van der Waals surface area contributed by atoms with Crippen LogP contribution in [0.1, 0.15) is 25.3 Å². The van der Waals surface area contributed by atoms with Gasteiger partial charge in [-0.25, -0.2) is 0 Å². The Morgan fingerprint density at radius 2 is 1.95 bits per heavy atom. The minimum atomic E-state index is -0.144. The molecule has 3 heteroatoms. The molecule has 0 saturated heterocycles. The molecule has 0 heterocycles. The molecule has 1 saturated carbocycles.